The van der Waals surface area contributed by atoms with Crippen LogP contribution >= 0.6 is 11.3 Å². The van der Waals surface area contributed by atoms with Gasteiger partial charge in [0, 0.05) is 6.20 Å². The maximum atomic E-state index is 11.7. The van der Waals surface area contributed by atoms with Crippen molar-refractivity contribution in [3.8, 4) is 0 Å². The Labute approximate surface area is 118 Å². The zero-order valence-corrected chi connectivity index (χ0v) is 11.3. The highest BCUT2D eigenvalue weighted by molar-refractivity contribution is 7.15. The number of carboxylic acid groups (broad SMARTS) is 1. The van der Waals surface area contributed by atoms with Crippen LogP contribution in [-0.2, 0) is 0 Å². The number of carbonyl (C=O) groups is 2. The molecule has 7 heteroatoms. The van der Waals surface area contributed by atoms with Crippen LogP contribution in [0.15, 0.2) is 41.6 Å². The maximum Gasteiger partial charge on any atom is 0.289 e. The molecule has 0 fully saturated rings. The SMILES string of the molecule is C/C(=N\NC(=O)c1ccccn1)c1ccc(C(=O)[O-])s1. The van der Waals surface area contributed by atoms with E-state index in [4.69, 9.17) is 0 Å². The molecule has 2 heterocycles. The second-order valence-electron chi connectivity index (χ2n) is 3.80. The number of hydrogen-bond donors (Lipinski definition) is 1. The Morgan fingerprint density at radius 3 is 2.60 bits per heavy atom. The van der Waals surface area contributed by atoms with Gasteiger partial charge in [0.15, 0.2) is 0 Å². The fraction of sp³-hybridized carbons (Fsp3) is 0.0769. The van der Waals surface area contributed by atoms with Gasteiger partial charge in [0.05, 0.1) is 21.4 Å². The molecule has 0 aliphatic heterocycles. The molecule has 0 saturated carbocycles. The van der Waals surface area contributed by atoms with Crippen LogP contribution in [0.4, 0.5) is 0 Å². The maximum absolute atomic E-state index is 11.7. The minimum absolute atomic E-state index is 0.116. The molecule has 102 valence electrons. The van der Waals surface area contributed by atoms with E-state index in [0.29, 0.717) is 10.6 Å². The lowest BCUT2D eigenvalue weighted by atomic mass is 10.3. The number of aromatic carboxylic acids is 1. The minimum Gasteiger partial charge on any atom is -0.544 e. The first-order chi connectivity index (χ1) is 9.58. The first kappa shape index (κ1) is 13.9. The topological polar surface area (TPSA) is 94.5 Å². The largest absolute Gasteiger partial charge is 0.544 e. The number of pyridine rings is 1. The zero-order valence-electron chi connectivity index (χ0n) is 10.5. The van der Waals surface area contributed by atoms with E-state index in [2.05, 4.69) is 15.5 Å². The molecule has 0 saturated heterocycles. The lowest BCUT2D eigenvalue weighted by molar-refractivity contribution is -0.254. The summed E-state index contributed by atoms with van der Waals surface area (Å²) in [6.07, 6.45) is 1.51. The molecule has 20 heavy (non-hydrogen) atoms. The molecule has 0 aromatic carbocycles. The smallest absolute Gasteiger partial charge is 0.289 e. The Balaban J connectivity index is 2.07. The molecule has 0 bridgehead atoms. The Morgan fingerprint density at radius 2 is 2.00 bits per heavy atom. The summed E-state index contributed by atoms with van der Waals surface area (Å²) in [5.74, 6) is -1.66. The van der Waals surface area contributed by atoms with Gasteiger partial charge in [0.25, 0.3) is 5.91 Å². The van der Waals surface area contributed by atoms with Crippen molar-refractivity contribution in [3.63, 3.8) is 0 Å². The highest BCUT2D eigenvalue weighted by Gasteiger charge is 2.07. The zero-order chi connectivity index (χ0) is 14.5. The Kier molecular flexibility index (Phi) is 4.21. The van der Waals surface area contributed by atoms with Crippen LogP contribution in [0.25, 0.3) is 0 Å². The van der Waals surface area contributed by atoms with E-state index in [9.17, 15) is 14.7 Å². The number of nitrogens with zero attached hydrogens (tertiary/aromatic N) is 2. The van der Waals surface area contributed by atoms with Gasteiger partial charge in [-0.25, -0.2) is 5.43 Å². The average molecular weight is 288 g/mol. The predicted octanol–water partition coefficient (Wildman–Crippen LogP) is 0.661. The van der Waals surface area contributed by atoms with Gasteiger partial charge >= 0.3 is 0 Å². The number of hydrazone groups is 1. The molecule has 0 aliphatic carbocycles. The van der Waals surface area contributed by atoms with Crippen molar-refractivity contribution < 1.29 is 14.7 Å². The molecule has 0 spiro atoms. The van der Waals surface area contributed by atoms with Gasteiger partial charge in [0.1, 0.15) is 5.69 Å². The number of nitrogens with one attached hydrogen (secondary N) is 1. The van der Waals surface area contributed by atoms with E-state index >= 15 is 0 Å². The number of amides is 1. The van der Waals surface area contributed by atoms with Crippen molar-refractivity contribution in [1.82, 2.24) is 10.4 Å². The van der Waals surface area contributed by atoms with Gasteiger partial charge in [-0.3, -0.25) is 9.78 Å². The average Bonchev–Trinajstić information content (AvgIpc) is 2.95. The third-order valence-corrected chi connectivity index (χ3v) is 3.56. The number of thiophene rings is 1. The predicted molar refractivity (Wildman–Crippen MR) is 72.6 cm³/mol. The van der Waals surface area contributed by atoms with E-state index < -0.39 is 11.9 Å². The van der Waals surface area contributed by atoms with Crippen molar-refractivity contribution in [1.29, 1.82) is 0 Å². The highest BCUT2D eigenvalue weighted by Crippen LogP contribution is 2.16. The molecule has 0 radical (unpaired) electrons. The summed E-state index contributed by atoms with van der Waals surface area (Å²) >= 11 is 1.04. The van der Waals surface area contributed by atoms with Gasteiger partial charge in [-0.05, 0) is 31.2 Å². The molecule has 1 N–H and O–H groups in total. The number of aromatic nitrogens is 1. The van der Waals surface area contributed by atoms with Gasteiger partial charge < -0.3 is 9.90 Å². The number of hydrogen-bond acceptors (Lipinski definition) is 6. The molecular formula is C13H10N3O3S-. The lowest BCUT2D eigenvalue weighted by Crippen LogP contribution is -2.20. The number of carbonyl (C=O) groups excluding carboxylic acids is 2. The molecule has 0 atom stereocenters. The summed E-state index contributed by atoms with van der Waals surface area (Å²) in [7, 11) is 0. The fourth-order valence-electron chi connectivity index (χ4n) is 1.39. The van der Waals surface area contributed by atoms with Gasteiger partial charge in [0.2, 0.25) is 0 Å². The molecule has 6 nitrogen and oxygen atoms in total. The van der Waals surface area contributed by atoms with Gasteiger partial charge in [-0.15, -0.1) is 11.3 Å². The second kappa shape index (κ2) is 6.07. The van der Waals surface area contributed by atoms with Crippen molar-refractivity contribution in [3.05, 3.63) is 52.0 Å². The lowest BCUT2D eigenvalue weighted by Gasteiger charge is -2.00. The summed E-state index contributed by atoms with van der Waals surface area (Å²) in [5, 5.41) is 14.6. The van der Waals surface area contributed by atoms with Crippen LogP contribution in [0.3, 0.4) is 0 Å². The molecule has 0 unspecified atom stereocenters. The summed E-state index contributed by atoms with van der Waals surface area (Å²) in [4.78, 5) is 27.0. The summed E-state index contributed by atoms with van der Waals surface area (Å²) in [6.45, 7) is 1.67. The van der Waals surface area contributed by atoms with Crippen LogP contribution in [0.2, 0.25) is 0 Å². The van der Waals surface area contributed by atoms with Gasteiger partial charge in [-0.2, -0.15) is 5.10 Å². The molecule has 2 aromatic rings. The first-order valence-corrected chi connectivity index (χ1v) is 6.47. The van der Waals surface area contributed by atoms with Crippen molar-refractivity contribution >= 4 is 28.9 Å². The van der Waals surface area contributed by atoms with E-state index in [1.807, 2.05) is 0 Å². The molecular weight excluding hydrogens is 278 g/mol. The number of rotatable bonds is 4. The summed E-state index contributed by atoms with van der Waals surface area (Å²) < 4.78 is 0. The van der Waals surface area contributed by atoms with E-state index in [-0.39, 0.29) is 10.6 Å². The van der Waals surface area contributed by atoms with Crippen LogP contribution in [0.1, 0.15) is 32.0 Å². The third kappa shape index (κ3) is 3.27. The highest BCUT2D eigenvalue weighted by atomic mass is 32.1. The molecule has 2 rings (SSSR count). The van der Waals surface area contributed by atoms with E-state index in [0.717, 1.165) is 11.3 Å². The van der Waals surface area contributed by atoms with Gasteiger partial charge in [-0.1, -0.05) is 6.07 Å². The van der Waals surface area contributed by atoms with Crippen molar-refractivity contribution in [2.45, 2.75) is 6.92 Å². The van der Waals surface area contributed by atoms with Crippen LogP contribution in [-0.4, -0.2) is 22.6 Å². The second-order valence-corrected chi connectivity index (χ2v) is 4.89. The molecule has 2 aromatic heterocycles. The molecule has 1 amide bonds. The first-order valence-electron chi connectivity index (χ1n) is 5.65. The monoisotopic (exact) mass is 288 g/mol. The fourth-order valence-corrected chi connectivity index (χ4v) is 2.17. The number of carboxylic acids is 1. The quantitative estimate of drug-likeness (QED) is 0.660. The summed E-state index contributed by atoms with van der Waals surface area (Å²) in [5.41, 5.74) is 3.13. The third-order valence-electron chi connectivity index (χ3n) is 2.39. The molecule has 0 aliphatic rings. The van der Waals surface area contributed by atoms with Crippen molar-refractivity contribution in [2.24, 2.45) is 5.10 Å². The Hall–Kier alpha value is -2.54. The normalized spacial score (nSPS) is 11.2. The Morgan fingerprint density at radius 1 is 1.25 bits per heavy atom. The standard InChI is InChI=1S/C13H11N3O3S/c1-8(10-5-6-11(20-10)13(18)19)15-16-12(17)9-4-2-3-7-14-9/h2-7H,1H3,(H,16,17)(H,18,19)/p-1/b15-8+. The Bertz CT molecular complexity index is 665. The van der Waals surface area contributed by atoms with E-state index in [1.54, 1.807) is 31.2 Å². The van der Waals surface area contributed by atoms with Crippen LogP contribution in [0.5, 0.6) is 0 Å². The van der Waals surface area contributed by atoms with E-state index in [1.165, 1.54) is 12.3 Å². The summed E-state index contributed by atoms with van der Waals surface area (Å²) in [6, 6.07) is 8.03. The van der Waals surface area contributed by atoms with Crippen LogP contribution in [0, 0.1) is 0 Å². The minimum atomic E-state index is -1.23. The van der Waals surface area contributed by atoms with Crippen LogP contribution < -0.4 is 10.5 Å². The van der Waals surface area contributed by atoms with Crippen molar-refractivity contribution in [2.75, 3.05) is 0 Å².